The second-order valence-corrected chi connectivity index (χ2v) is 9.45. The summed E-state index contributed by atoms with van der Waals surface area (Å²) in [6.07, 6.45) is 0. The molecule has 33 heavy (non-hydrogen) atoms. The van der Waals surface area contributed by atoms with Crippen molar-refractivity contribution < 1.29 is 4.79 Å². The number of rotatable bonds is 5. The molecule has 4 aromatic rings. The van der Waals surface area contributed by atoms with Gasteiger partial charge in [-0.25, -0.2) is 4.68 Å². The zero-order valence-corrected chi connectivity index (χ0v) is 19.5. The molecule has 0 unspecified atom stereocenters. The largest absolute Gasteiger partial charge is 0.351 e. The van der Waals surface area contributed by atoms with E-state index in [9.17, 15) is 4.79 Å². The van der Waals surface area contributed by atoms with E-state index >= 15 is 0 Å². The number of aromatic nitrogens is 3. The van der Waals surface area contributed by atoms with Crippen LogP contribution in [0.15, 0.2) is 84.0 Å². The van der Waals surface area contributed by atoms with Gasteiger partial charge in [0.25, 0.3) is 0 Å². The molecule has 1 aliphatic rings. The number of hydrogen-bond acceptors (Lipinski definition) is 5. The lowest BCUT2D eigenvalue weighted by Gasteiger charge is -2.33. The van der Waals surface area contributed by atoms with Gasteiger partial charge >= 0.3 is 0 Å². The summed E-state index contributed by atoms with van der Waals surface area (Å²) in [4.78, 5) is 13.3. The van der Waals surface area contributed by atoms with Crippen molar-refractivity contribution in [1.29, 1.82) is 0 Å². The zero-order chi connectivity index (χ0) is 22.8. The van der Waals surface area contributed by atoms with Gasteiger partial charge in [-0.2, -0.15) is 0 Å². The quantitative estimate of drug-likeness (QED) is 0.426. The summed E-state index contributed by atoms with van der Waals surface area (Å²) in [6.45, 7) is 2.51. The summed E-state index contributed by atoms with van der Waals surface area (Å²) in [5.74, 6) is 0.638. The Labute approximate surface area is 201 Å². The number of thioether (sulfide) groups is 1. The maximum Gasteiger partial charge on any atom is 0.236 e. The van der Waals surface area contributed by atoms with E-state index in [1.807, 2.05) is 90.5 Å². The minimum absolute atomic E-state index is 0.0662. The summed E-state index contributed by atoms with van der Waals surface area (Å²) in [5, 5.41) is 12.7. The SMILES string of the molecule is Cc1ccc(CNC(=O)[C@@H]2Sc3nnc(-c4ccccc4)n3N[C@H]2c2ccc(Cl)cc2)cc1. The van der Waals surface area contributed by atoms with Crippen molar-refractivity contribution in [1.82, 2.24) is 20.2 Å². The van der Waals surface area contributed by atoms with E-state index < -0.39 is 5.25 Å². The fourth-order valence-electron chi connectivity index (χ4n) is 3.75. The van der Waals surface area contributed by atoms with Gasteiger partial charge in [0.05, 0.1) is 6.04 Å². The Kier molecular flexibility index (Phi) is 6.07. The lowest BCUT2D eigenvalue weighted by atomic mass is 10.0. The van der Waals surface area contributed by atoms with E-state index in [2.05, 4.69) is 20.9 Å². The molecular formula is C25H22ClN5OS. The first-order valence-electron chi connectivity index (χ1n) is 10.6. The van der Waals surface area contributed by atoms with Crippen LogP contribution in [0.25, 0.3) is 11.4 Å². The van der Waals surface area contributed by atoms with Crippen molar-refractivity contribution >= 4 is 29.3 Å². The average Bonchev–Trinajstić information content (AvgIpc) is 3.27. The first-order chi connectivity index (χ1) is 16.1. The molecule has 166 valence electrons. The fourth-order valence-corrected chi connectivity index (χ4v) is 4.98. The predicted molar refractivity (Wildman–Crippen MR) is 132 cm³/mol. The first-order valence-corrected chi connectivity index (χ1v) is 11.9. The van der Waals surface area contributed by atoms with Crippen LogP contribution >= 0.6 is 23.4 Å². The molecule has 2 heterocycles. The van der Waals surface area contributed by atoms with Crippen LogP contribution in [-0.2, 0) is 11.3 Å². The van der Waals surface area contributed by atoms with Gasteiger partial charge in [-0.15, -0.1) is 10.2 Å². The Hall–Kier alpha value is -3.29. The number of amides is 1. The average molecular weight is 476 g/mol. The topological polar surface area (TPSA) is 71.8 Å². The molecule has 0 saturated heterocycles. The standard InChI is InChI=1S/C25H22ClN5OS/c1-16-7-9-17(10-8-16)15-27-24(32)22-21(18-11-13-20(26)14-12-18)30-31-23(28-29-25(31)33-22)19-5-3-2-4-6-19/h2-14,21-22,30H,15H2,1H3,(H,27,32)/t21-,22+/m0/s1. The molecule has 2 N–H and O–H groups in total. The third-order valence-electron chi connectivity index (χ3n) is 5.54. The smallest absolute Gasteiger partial charge is 0.236 e. The van der Waals surface area contributed by atoms with Crippen LogP contribution in [0.3, 0.4) is 0 Å². The van der Waals surface area contributed by atoms with Crippen LogP contribution in [-0.4, -0.2) is 26.0 Å². The van der Waals surface area contributed by atoms with E-state index in [1.165, 1.54) is 17.3 Å². The maximum atomic E-state index is 13.3. The van der Waals surface area contributed by atoms with Crippen molar-refractivity contribution in [2.75, 3.05) is 5.43 Å². The maximum absolute atomic E-state index is 13.3. The Balaban J connectivity index is 1.44. The van der Waals surface area contributed by atoms with Gasteiger partial charge in [0, 0.05) is 17.1 Å². The first kappa shape index (κ1) is 21.6. The number of hydrogen-bond donors (Lipinski definition) is 2. The highest BCUT2D eigenvalue weighted by molar-refractivity contribution is 8.00. The Morgan fingerprint density at radius 1 is 1.03 bits per heavy atom. The monoisotopic (exact) mass is 475 g/mol. The highest BCUT2D eigenvalue weighted by Gasteiger charge is 2.37. The molecule has 3 aromatic carbocycles. The number of carbonyl (C=O) groups is 1. The van der Waals surface area contributed by atoms with Crippen LogP contribution in [0.1, 0.15) is 22.7 Å². The lowest BCUT2D eigenvalue weighted by Crippen LogP contribution is -2.43. The molecule has 1 amide bonds. The normalized spacial score (nSPS) is 17.2. The van der Waals surface area contributed by atoms with Crippen LogP contribution in [0, 0.1) is 6.92 Å². The van der Waals surface area contributed by atoms with Crippen LogP contribution in [0.5, 0.6) is 0 Å². The van der Waals surface area contributed by atoms with Crippen molar-refractivity contribution in [2.45, 2.75) is 29.9 Å². The molecule has 1 aromatic heterocycles. The summed E-state index contributed by atoms with van der Waals surface area (Å²) >= 11 is 7.52. The summed E-state index contributed by atoms with van der Waals surface area (Å²) < 4.78 is 1.86. The third kappa shape index (κ3) is 4.60. The molecule has 6 nitrogen and oxygen atoms in total. The van der Waals surface area contributed by atoms with Crippen LogP contribution in [0.4, 0.5) is 0 Å². The predicted octanol–water partition coefficient (Wildman–Crippen LogP) is 4.98. The van der Waals surface area contributed by atoms with Gasteiger partial charge in [-0.05, 0) is 30.2 Å². The molecule has 0 aliphatic carbocycles. The Morgan fingerprint density at radius 2 is 1.76 bits per heavy atom. The summed E-state index contributed by atoms with van der Waals surface area (Å²) in [7, 11) is 0. The molecule has 0 bridgehead atoms. The van der Waals surface area contributed by atoms with Gasteiger partial charge in [0.1, 0.15) is 5.25 Å². The number of carbonyl (C=O) groups excluding carboxylic acids is 1. The van der Waals surface area contributed by atoms with Crippen LogP contribution < -0.4 is 10.7 Å². The molecule has 5 rings (SSSR count). The van der Waals surface area contributed by atoms with Crippen LogP contribution in [0.2, 0.25) is 5.02 Å². The number of benzene rings is 3. The molecule has 2 atom stereocenters. The number of fused-ring (bicyclic) bond motifs is 1. The van der Waals surface area contributed by atoms with Crippen molar-refractivity contribution in [3.63, 3.8) is 0 Å². The highest BCUT2D eigenvalue weighted by Crippen LogP contribution is 2.38. The number of aryl methyl sites for hydroxylation is 1. The highest BCUT2D eigenvalue weighted by atomic mass is 35.5. The van der Waals surface area contributed by atoms with Crippen molar-refractivity contribution in [2.24, 2.45) is 0 Å². The molecule has 8 heteroatoms. The minimum Gasteiger partial charge on any atom is -0.351 e. The fraction of sp³-hybridized carbons (Fsp3) is 0.160. The number of nitrogens with one attached hydrogen (secondary N) is 2. The van der Waals surface area contributed by atoms with Gasteiger partial charge in [0.2, 0.25) is 11.1 Å². The van der Waals surface area contributed by atoms with E-state index in [0.717, 1.165) is 16.7 Å². The summed E-state index contributed by atoms with van der Waals surface area (Å²) in [6, 6.07) is 25.3. The second kappa shape index (κ2) is 9.29. The van der Waals surface area contributed by atoms with Crippen molar-refractivity contribution in [3.05, 3.63) is 101 Å². The van der Waals surface area contributed by atoms with Gasteiger partial charge in [-0.1, -0.05) is 95.7 Å². The molecule has 0 spiro atoms. The minimum atomic E-state index is -0.433. The lowest BCUT2D eigenvalue weighted by molar-refractivity contribution is -0.121. The zero-order valence-electron chi connectivity index (χ0n) is 17.9. The Morgan fingerprint density at radius 3 is 2.48 bits per heavy atom. The van der Waals surface area contributed by atoms with Gasteiger partial charge in [-0.3, -0.25) is 4.79 Å². The van der Waals surface area contributed by atoms with E-state index in [0.29, 0.717) is 22.5 Å². The Bertz CT molecular complexity index is 1260. The second-order valence-electron chi connectivity index (χ2n) is 7.91. The molecule has 0 radical (unpaired) electrons. The number of nitrogens with zero attached hydrogens (tertiary/aromatic N) is 3. The molecule has 0 saturated carbocycles. The van der Waals surface area contributed by atoms with Crippen molar-refractivity contribution in [3.8, 4) is 11.4 Å². The van der Waals surface area contributed by atoms with E-state index in [4.69, 9.17) is 11.6 Å². The van der Waals surface area contributed by atoms with E-state index in [1.54, 1.807) is 0 Å². The molecular weight excluding hydrogens is 454 g/mol. The number of halogens is 1. The third-order valence-corrected chi connectivity index (χ3v) is 7.01. The molecule has 0 fully saturated rings. The van der Waals surface area contributed by atoms with Gasteiger partial charge in [0.15, 0.2) is 5.82 Å². The molecule has 1 aliphatic heterocycles. The van der Waals surface area contributed by atoms with E-state index in [-0.39, 0.29) is 11.9 Å². The van der Waals surface area contributed by atoms with Gasteiger partial charge < -0.3 is 10.7 Å². The summed E-state index contributed by atoms with van der Waals surface area (Å²) in [5.41, 5.74) is 7.63.